The zero-order chi connectivity index (χ0) is 26.7. The molecule has 2 heterocycles. The number of aliphatic hydroxyl groups excluding tert-OH is 4. The van der Waals surface area contributed by atoms with E-state index in [-0.39, 0.29) is 60.4 Å². The summed E-state index contributed by atoms with van der Waals surface area (Å²) in [5, 5.41) is 42.9. The molecule has 7 nitrogen and oxygen atoms in total. The molecule has 0 saturated carbocycles. The van der Waals surface area contributed by atoms with Gasteiger partial charge in [0, 0.05) is 43.8 Å². The van der Waals surface area contributed by atoms with E-state index in [9.17, 15) is 20.4 Å². The topological polar surface area (TPSA) is 109 Å². The third-order valence-electron chi connectivity index (χ3n) is 8.93. The van der Waals surface area contributed by atoms with E-state index in [1.54, 1.807) is 7.11 Å². The molecular weight excluding hydrogens is 448 g/mol. The van der Waals surface area contributed by atoms with Gasteiger partial charge in [-0.15, -0.1) is 0 Å². The molecule has 2 aliphatic heterocycles. The lowest BCUT2D eigenvalue weighted by Crippen LogP contribution is -2.65. The minimum atomic E-state index is -1.28. The molecule has 1 spiro atoms. The lowest BCUT2D eigenvalue weighted by Gasteiger charge is -2.56. The van der Waals surface area contributed by atoms with Crippen molar-refractivity contribution in [3.05, 3.63) is 11.6 Å². The Hall–Kier alpha value is -0.540. The summed E-state index contributed by atoms with van der Waals surface area (Å²) >= 11 is 0. The van der Waals surface area contributed by atoms with Crippen molar-refractivity contribution in [1.82, 2.24) is 0 Å². The first-order valence-electron chi connectivity index (χ1n) is 13.5. The molecule has 13 atom stereocenters. The number of hydrogen-bond acceptors (Lipinski definition) is 7. The van der Waals surface area contributed by atoms with Gasteiger partial charge in [-0.2, -0.15) is 0 Å². The van der Waals surface area contributed by atoms with Gasteiger partial charge in [-0.3, -0.25) is 0 Å². The maximum atomic E-state index is 11.3. The predicted octanol–water partition coefficient (Wildman–Crippen LogP) is 3.52. The lowest BCUT2D eigenvalue weighted by atomic mass is 9.74. The highest BCUT2D eigenvalue weighted by atomic mass is 16.7. The average Bonchev–Trinajstić information content (AvgIpc) is 2.84. The molecule has 0 aromatic rings. The van der Waals surface area contributed by atoms with Crippen molar-refractivity contribution in [3.8, 4) is 0 Å². The van der Waals surface area contributed by atoms with E-state index >= 15 is 0 Å². The average molecular weight is 501 g/mol. The largest absolute Gasteiger partial charge is 0.396 e. The van der Waals surface area contributed by atoms with E-state index in [1.165, 1.54) is 5.57 Å². The standard InChI is InChI=1S/C28H52O7/c1-10-15(2)11-16(3)24(31)21(8)27-19(6)22(33-9)13-28(35-27)23(30)12-17(4)26(34-28)20(7)25(32)18(5)14-29/h10,16-27,29-32H,11-14H2,1-9H3/b15-10+/t16-,17-,18-,19+,20-,21+,22+,23-,24-,25-,26-,27-,28+/m0/s1. The summed E-state index contributed by atoms with van der Waals surface area (Å²) in [6.07, 6.45) is 0.593. The van der Waals surface area contributed by atoms with Gasteiger partial charge in [0.1, 0.15) is 6.10 Å². The van der Waals surface area contributed by atoms with E-state index in [4.69, 9.17) is 14.2 Å². The molecule has 0 amide bonds. The van der Waals surface area contributed by atoms with Gasteiger partial charge in [-0.1, -0.05) is 53.2 Å². The number of rotatable bonds is 10. The Kier molecular flexibility index (Phi) is 11.2. The zero-order valence-electron chi connectivity index (χ0n) is 23.3. The fraction of sp³-hybridized carbons (Fsp3) is 0.929. The van der Waals surface area contributed by atoms with Crippen molar-refractivity contribution in [1.29, 1.82) is 0 Å². The molecule has 2 rings (SSSR count). The SMILES string of the molecule is C/C=C(\C)C[C@H](C)[C@H](O)[C@@H](C)[C@H]1O[C@@]2(C[C@@H](OC)[C@H]1C)O[C@H]([C@@H](C)[C@@H](O)[C@@H](C)CO)[C@@H](C)C[C@@H]2O. The summed E-state index contributed by atoms with van der Waals surface area (Å²) in [5.41, 5.74) is 1.24. The Morgan fingerprint density at radius 3 is 2.11 bits per heavy atom. The third-order valence-corrected chi connectivity index (χ3v) is 8.93. The molecule has 35 heavy (non-hydrogen) atoms. The fourth-order valence-electron chi connectivity index (χ4n) is 6.23. The minimum Gasteiger partial charge on any atom is -0.396 e. The van der Waals surface area contributed by atoms with Gasteiger partial charge >= 0.3 is 0 Å². The Morgan fingerprint density at radius 2 is 1.57 bits per heavy atom. The van der Waals surface area contributed by atoms with Crippen LogP contribution in [0.5, 0.6) is 0 Å². The van der Waals surface area contributed by atoms with Gasteiger partial charge in [0.05, 0.1) is 30.5 Å². The predicted molar refractivity (Wildman–Crippen MR) is 137 cm³/mol. The second-order valence-corrected chi connectivity index (χ2v) is 11.7. The van der Waals surface area contributed by atoms with Gasteiger partial charge in [0.25, 0.3) is 0 Å². The second-order valence-electron chi connectivity index (χ2n) is 11.7. The second kappa shape index (κ2) is 12.8. The third kappa shape index (κ3) is 6.67. The Morgan fingerprint density at radius 1 is 1.03 bits per heavy atom. The van der Waals surface area contributed by atoms with E-state index in [2.05, 4.69) is 26.8 Å². The molecule has 2 fully saturated rings. The summed E-state index contributed by atoms with van der Waals surface area (Å²) in [5.74, 6) is -1.97. The molecule has 0 bridgehead atoms. The Balaban J connectivity index is 2.33. The fourth-order valence-corrected chi connectivity index (χ4v) is 6.23. The summed E-state index contributed by atoms with van der Waals surface area (Å²) in [7, 11) is 1.67. The summed E-state index contributed by atoms with van der Waals surface area (Å²) in [4.78, 5) is 0. The monoisotopic (exact) mass is 500 g/mol. The maximum Gasteiger partial charge on any atom is 0.197 e. The molecule has 0 aromatic heterocycles. The molecular formula is C28H52O7. The van der Waals surface area contributed by atoms with Crippen LogP contribution in [0.25, 0.3) is 0 Å². The number of allylic oxidation sites excluding steroid dienone is 2. The van der Waals surface area contributed by atoms with Crippen LogP contribution in [0.1, 0.15) is 74.7 Å². The number of methoxy groups -OCH3 is 1. The number of hydrogen-bond donors (Lipinski definition) is 4. The molecule has 2 aliphatic rings. The van der Waals surface area contributed by atoms with Gasteiger partial charge in [0.15, 0.2) is 5.79 Å². The van der Waals surface area contributed by atoms with Crippen molar-refractivity contribution in [3.63, 3.8) is 0 Å². The summed E-state index contributed by atoms with van der Waals surface area (Å²) in [6.45, 7) is 15.9. The molecule has 0 radical (unpaired) electrons. The van der Waals surface area contributed by atoms with Crippen LogP contribution in [0.2, 0.25) is 0 Å². The van der Waals surface area contributed by atoms with Crippen molar-refractivity contribution < 1.29 is 34.6 Å². The highest BCUT2D eigenvalue weighted by Gasteiger charge is 2.57. The van der Waals surface area contributed by atoms with Crippen LogP contribution in [0.4, 0.5) is 0 Å². The lowest BCUT2D eigenvalue weighted by molar-refractivity contribution is -0.391. The first-order chi connectivity index (χ1) is 16.3. The van der Waals surface area contributed by atoms with E-state index in [1.807, 2.05) is 34.6 Å². The van der Waals surface area contributed by atoms with Crippen LogP contribution >= 0.6 is 0 Å². The van der Waals surface area contributed by atoms with E-state index < -0.39 is 24.1 Å². The van der Waals surface area contributed by atoms with Gasteiger partial charge in [-0.25, -0.2) is 0 Å². The molecule has 0 aromatic carbocycles. The smallest absolute Gasteiger partial charge is 0.197 e. The number of aliphatic hydroxyl groups is 4. The van der Waals surface area contributed by atoms with Crippen molar-refractivity contribution >= 4 is 0 Å². The van der Waals surface area contributed by atoms with Gasteiger partial charge in [-0.05, 0) is 38.5 Å². The van der Waals surface area contributed by atoms with Crippen LogP contribution in [-0.2, 0) is 14.2 Å². The highest BCUT2D eigenvalue weighted by molar-refractivity contribution is 5.02. The van der Waals surface area contributed by atoms with Crippen LogP contribution in [0, 0.1) is 35.5 Å². The minimum absolute atomic E-state index is 0.000375. The molecule has 0 aliphatic carbocycles. The van der Waals surface area contributed by atoms with Crippen molar-refractivity contribution in [2.75, 3.05) is 13.7 Å². The first kappa shape index (κ1) is 30.7. The summed E-state index contributed by atoms with van der Waals surface area (Å²) in [6, 6.07) is 0. The van der Waals surface area contributed by atoms with Crippen LogP contribution in [0.15, 0.2) is 11.6 Å². The number of ether oxygens (including phenoxy) is 3. The van der Waals surface area contributed by atoms with E-state index in [0.29, 0.717) is 12.8 Å². The quantitative estimate of drug-likeness (QED) is 0.340. The molecule has 7 heteroatoms. The normalized spacial score (nSPS) is 39.6. The van der Waals surface area contributed by atoms with E-state index in [0.717, 1.165) is 6.42 Å². The molecule has 2 saturated heterocycles. The molecule has 0 unspecified atom stereocenters. The van der Waals surface area contributed by atoms with Crippen molar-refractivity contribution in [2.24, 2.45) is 35.5 Å². The van der Waals surface area contributed by atoms with Crippen LogP contribution in [0.3, 0.4) is 0 Å². The molecule has 206 valence electrons. The maximum absolute atomic E-state index is 11.3. The zero-order valence-corrected chi connectivity index (χ0v) is 23.3. The Bertz CT molecular complexity index is 684. The highest BCUT2D eigenvalue weighted by Crippen LogP contribution is 2.47. The first-order valence-corrected chi connectivity index (χ1v) is 13.5. The summed E-state index contributed by atoms with van der Waals surface area (Å²) < 4.78 is 19.2. The van der Waals surface area contributed by atoms with Crippen LogP contribution < -0.4 is 0 Å². The van der Waals surface area contributed by atoms with Gasteiger partial charge < -0.3 is 34.6 Å². The molecule has 4 N–H and O–H groups in total. The van der Waals surface area contributed by atoms with Crippen LogP contribution in [-0.4, -0.2) is 76.6 Å². The van der Waals surface area contributed by atoms with Gasteiger partial charge in [0.2, 0.25) is 0 Å². The van der Waals surface area contributed by atoms with Crippen molar-refractivity contribution in [2.45, 2.75) is 117 Å². The Labute approximate surface area is 212 Å².